The van der Waals surface area contributed by atoms with Gasteiger partial charge in [0, 0.05) is 23.4 Å². The smallest absolute Gasteiger partial charge is 0.272 e. The molecule has 0 spiro atoms. The van der Waals surface area contributed by atoms with Crippen LogP contribution >= 0.6 is 0 Å². The lowest BCUT2D eigenvalue weighted by atomic mass is 10.1. The molecule has 1 aromatic heterocycles. The molecular weight excluding hydrogens is 338 g/mol. The summed E-state index contributed by atoms with van der Waals surface area (Å²) in [4.78, 5) is 12.9. The van der Waals surface area contributed by atoms with Crippen LogP contribution in [0.25, 0.3) is 5.69 Å². The molecule has 2 aromatic carbocycles. The number of hydrogen-bond acceptors (Lipinski definition) is 3. The van der Waals surface area contributed by atoms with Crippen LogP contribution in [0.5, 0.6) is 5.75 Å². The molecule has 0 aliphatic heterocycles. The van der Waals surface area contributed by atoms with Gasteiger partial charge in [-0.3, -0.25) is 4.79 Å². The minimum atomic E-state index is -0.189. The molecule has 1 aliphatic carbocycles. The third kappa shape index (κ3) is 3.58. The highest BCUT2D eigenvalue weighted by atomic mass is 16.3. The number of para-hydroxylation sites is 2. The number of rotatable bonds is 4. The van der Waals surface area contributed by atoms with Gasteiger partial charge in [-0.15, -0.1) is 0 Å². The van der Waals surface area contributed by atoms with Gasteiger partial charge in [0.25, 0.3) is 5.91 Å². The quantitative estimate of drug-likeness (QED) is 0.695. The van der Waals surface area contributed by atoms with Crippen molar-refractivity contribution >= 4 is 5.91 Å². The van der Waals surface area contributed by atoms with Crippen molar-refractivity contribution in [3.8, 4) is 11.4 Å². The molecule has 0 atom stereocenters. The number of carbonyl (C=O) groups is 1. The highest BCUT2D eigenvalue weighted by Gasteiger charge is 2.24. The van der Waals surface area contributed by atoms with Crippen molar-refractivity contribution in [2.24, 2.45) is 0 Å². The standard InChI is InChI=1S/C22H23N3O2/c26-20-14-8-7-9-16(20)15-23-22(27)21-18-12-5-2-6-13-19(18)25(24-21)17-10-3-1-4-11-17/h1,3-4,7-11,14,26H,2,5-6,12-13,15H2,(H,23,27). The average Bonchev–Trinajstić information content (AvgIpc) is 2.89. The first-order valence-electron chi connectivity index (χ1n) is 9.45. The molecule has 3 aromatic rings. The number of amides is 1. The van der Waals surface area contributed by atoms with Gasteiger partial charge in [0.05, 0.1) is 5.69 Å². The summed E-state index contributed by atoms with van der Waals surface area (Å²) in [5.74, 6) is -0.00229. The van der Waals surface area contributed by atoms with Crippen LogP contribution in [0.3, 0.4) is 0 Å². The number of hydrogen-bond donors (Lipinski definition) is 2. The third-order valence-electron chi connectivity index (χ3n) is 5.08. The van der Waals surface area contributed by atoms with E-state index in [1.54, 1.807) is 18.2 Å². The summed E-state index contributed by atoms with van der Waals surface area (Å²) in [5.41, 5.74) is 4.39. The lowest BCUT2D eigenvalue weighted by molar-refractivity contribution is 0.0944. The lowest BCUT2D eigenvalue weighted by Crippen LogP contribution is -2.24. The van der Waals surface area contributed by atoms with E-state index in [1.807, 2.05) is 41.1 Å². The van der Waals surface area contributed by atoms with Gasteiger partial charge in [0.15, 0.2) is 5.69 Å². The number of benzene rings is 2. The summed E-state index contributed by atoms with van der Waals surface area (Å²) >= 11 is 0. The molecule has 0 fully saturated rings. The summed E-state index contributed by atoms with van der Waals surface area (Å²) < 4.78 is 1.93. The Hall–Kier alpha value is -3.08. The lowest BCUT2D eigenvalue weighted by Gasteiger charge is -2.07. The van der Waals surface area contributed by atoms with Crippen LogP contribution in [-0.2, 0) is 19.4 Å². The van der Waals surface area contributed by atoms with Crippen LogP contribution in [0, 0.1) is 0 Å². The first-order chi connectivity index (χ1) is 13.2. The monoisotopic (exact) mass is 361 g/mol. The summed E-state index contributed by atoms with van der Waals surface area (Å²) in [6.45, 7) is 0.276. The van der Waals surface area contributed by atoms with Crippen molar-refractivity contribution in [3.05, 3.63) is 77.1 Å². The average molecular weight is 361 g/mol. The summed E-state index contributed by atoms with van der Waals surface area (Å²) in [6.07, 6.45) is 5.17. The second kappa shape index (κ2) is 7.66. The predicted molar refractivity (Wildman–Crippen MR) is 104 cm³/mol. The molecule has 4 rings (SSSR count). The molecule has 1 heterocycles. The maximum Gasteiger partial charge on any atom is 0.272 e. The normalized spacial score (nSPS) is 13.6. The van der Waals surface area contributed by atoms with Crippen LogP contribution in [-0.4, -0.2) is 20.8 Å². The zero-order valence-electron chi connectivity index (χ0n) is 15.2. The largest absolute Gasteiger partial charge is 0.508 e. The van der Waals surface area contributed by atoms with E-state index in [9.17, 15) is 9.90 Å². The van der Waals surface area contributed by atoms with E-state index in [2.05, 4.69) is 10.4 Å². The molecule has 27 heavy (non-hydrogen) atoms. The van der Waals surface area contributed by atoms with E-state index in [0.29, 0.717) is 11.3 Å². The fraction of sp³-hybridized carbons (Fsp3) is 0.273. The van der Waals surface area contributed by atoms with Gasteiger partial charge in [-0.25, -0.2) is 4.68 Å². The van der Waals surface area contributed by atoms with E-state index in [4.69, 9.17) is 0 Å². The third-order valence-corrected chi connectivity index (χ3v) is 5.08. The Morgan fingerprint density at radius 2 is 1.74 bits per heavy atom. The first kappa shape index (κ1) is 17.3. The second-order valence-corrected chi connectivity index (χ2v) is 6.89. The van der Waals surface area contributed by atoms with Gasteiger partial charge in [-0.2, -0.15) is 5.10 Å². The van der Waals surface area contributed by atoms with Crippen LogP contribution < -0.4 is 5.32 Å². The number of phenols is 1. The predicted octanol–water partition coefficient (Wildman–Crippen LogP) is 3.78. The summed E-state index contributed by atoms with van der Waals surface area (Å²) in [6, 6.07) is 17.0. The molecule has 0 unspecified atom stereocenters. The van der Waals surface area contributed by atoms with Crippen molar-refractivity contribution in [1.82, 2.24) is 15.1 Å². The molecule has 0 radical (unpaired) electrons. The molecule has 1 aliphatic rings. The zero-order valence-corrected chi connectivity index (χ0v) is 15.2. The van der Waals surface area contributed by atoms with Crippen molar-refractivity contribution in [1.29, 1.82) is 0 Å². The number of nitrogens with one attached hydrogen (secondary N) is 1. The van der Waals surface area contributed by atoms with Crippen molar-refractivity contribution in [3.63, 3.8) is 0 Å². The van der Waals surface area contributed by atoms with Crippen LogP contribution in [0.1, 0.15) is 46.6 Å². The molecule has 0 bridgehead atoms. The Kier molecular flexibility index (Phi) is 4.92. The molecular formula is C22H23N3O2. The fourth-order valence-electron chi connectivity index (χ4n) is 3.66. The number of phenolic OH excluding ortho intramolecular Hbond substituents is 1. The highest BCUT2D eigenvalue weighted by molar-refractivity contribution is 5.94. The van der Waals surface area contributed by atoms with Gasteiger partial charge in [0.1, 0.15) is 5.75 Å². The molecule has 2 N–H and O–H groups in total. The van der Waals surface area contributed by atoms with E-state index >= 15 is 0 Å². The minimum absolute atomic E-state index is 0.187. The van der Waals surface area contributed by atoms with Crippen LogP contribution in [0.15, 0.2) is 54.6 Å². The first-order valence-corrected chi connectivity index (χ1v) is 9.45. The van der Waals surface area contributed by atoms with Crippen molar-refractivity contribution in [2.75, 3.05) is 0 Å². The Morgan fingerprint density at radius 3 is 2.56 bits per heavy atom. The molecule has 5 heteroatoms. The van der Waals surface area contributed by atoms with Gasteiger partial charge >= 0.3 is 0 Å². The van der Waals surface area contributed by atoms with Crippen LogP contribution in [0.4, 0.5) is 0 Å². The number of fused-ring (bicyclic) bond motifs is 1. The van der Waals surface area contributed by atoms with Crippen molar-refractivity contribution in [2.45, 2.75) is 38.6 Å². The molecule has 0 saturated heterocycles. The topological polar surface area (TPSA) is 67.2 Å². The Morgan fingerprint density at radius 1 is 1.00 bits per heavy atom. The second-order valence-electron chi connectivity index (χ2n) is 6.89. The molecule has 1 amide bonds. The van der Waals surface area contributed by atoms with E-state index in [0.717, 1.165) is 42.6 Å². The summed E-state index contributed by atoms with van der Waals surface area (Å²) in [5, 5.41) is 17.5. The number of carbonyl (C=O) groups excluding carboxylic acids is 1. The zero-order chi connectivity index (χ0) is 18.6. The molecule has 138 valence electrons. The van der Waals surface area contributed by atoms with Crippen LogP contribution in [0.2, 0.25) is 0 Å². The maximum atomic E-state index is 12.9. The van der Waals surface area contributed by atoms with Gasteiger partial charge in [-0.05, 0) is 43.9 Å². The number of nitrogens with zero attached hydrogens (tertiary/aromatic N) is 2. The number of aromatic hydroxyl groups is 1. The summed E-state index contributed by atoms with van der Waals surface area (Å²) in [7, 11) is 0. The van der Waals surface area contributed by atoms with Gasteiger partial charge < -0.3 is 10.4 Å². The fourth-order valence-corrected chi connectivity index (χ4v) is 3.66. The van der Waals surface area contributed by atoms with E-state index in [-0.39, 0.29) is 18.2 Å². The Bertz CT molecular complexity index is 947. The number of aromatic nitrogens is 2. The minimum Gasteiger partial charge on any atom is -0.508 e. The SMILES string of the molecule is O=C(NCc1ccccc1O)c1nn(-c2ccccc2)c2c1CCCCC2. The van der Waals surface area contributed by atoms with E-state index < -0.39 is 0 Å². The van der Waals surface area contributed by atoms with E-state index in [1.165, 1.54) is 6.42 Å². The Balaban J connectivity index is 1.65. The highest BCUT2D eigenvalue weighted by Crippen LogP contribution is 2.26. The van der Waals surface area contributed by atoms with Gasteiger partial charge in [0.2, 0.25) is 0 Å². The Labute approximate surface area is 158 Å². The molecule has 5 nitrogen and oxygen atoms in total. The maximum absolute atomic E-state index is 12.9. The van der Waals surface area contributed by atoms with Crippen molar-refractivity contribution < 1.29 is 9.90 Å². The van der Waals surface area contributed by atoms with Gasteiger partial charge in [-0.1, -0.05) is 42.8 Å². The molecule has 0 saturated carbocycles.